The van der Waals surface area contributed by atoms with Gasteiger partial charge in [-0.15, -0.1) is 10.2 Å². The average Bonchev–Trinajstić information content (AvgIpc) is 3.41. The Hall–Kier alpha value is -3.68. The van der Waals surface area contributed by atoms with Crippen LogP contribution in [0.2, 0.25) is 0 Å². The van der Waals surface area contributed by atoms with Crippen molar-refractivity contribution in [1.29, 1.82) is 0 Å². The molecule has 3 aromatic heterocycles. The van der Waals surface area contributed by atoms with Gasteiger partial charge in [0.25, 0.3) is 5.91 Å². The third-order valence-electron chi connectivity index (χ3n) is 3.93. The topological polar surface area (TPSA) is 90.8 Å². The molecule has 26 heavy (non-hydrogen) atoms. The van der Waals surface area contributed by atoms with Crippen molar-refractivity contribution in [1.82, 2.24) is 29.9 Å². The second-order valence-electron chi connectivity index (χ2n) is 5.68. The summed E-state index contributed by atoms with van der Waals surface area (Å²) < 4.78 is 8.76. The number of furan rings is 1. The number of para-hydroxylation sites is 1. The van der Waals surface area contributed by atoms with Crippen LogP contribution in [-0.2, 0) is 13.6 Å². The van der Waals surface area contributed by atoms with E-state index in [4.69, 9.17) is 4.42 Å². The Kier molecular flexibility index (Phi) is 4.06. The molecule has 8 nitrogen and oxygen atoms in total. The molecular weight excluding hydrogens is 332 g/mol. The van der Waals surface area contributed by atoms with Crippen LogP contribution in [0.3, 0.4) is 0 Å². The summed E-state index contributed by atoms with van der Waals surface area (Å²) in [7, 11) is 1.82. The molecule has 0 aliphatic carbocycles. The third-order valence-corrected chi connectivity index (χ3v) is 3.93. The van der Waals surface area contributed by atoms with Crippen LogP contribution in [0.4, 0.5) is 0 Å². The molecule has 0 aliphatic rings. The van der Waals surface area contributed by atoms with Crippen molar-refractivity contribution in [3.05, 3.63) is 72.6 Å². The average molecular weight is 348 g/mol. The molecule has 1 aromatic carbocycles. The zero-order valence-corrected chi connectivity index (χ0v) is 14.0. The number of hydrogen-bond donors (Lipinski definition) is 1. The number of aromatic nitrogens is 5. The number of carbonyl (C=O) groups excluding carboxylic acids is 1. The summed E-state index contributed by atoms with van der Waals surface area (Å²) in [5, 5.41) is 15.2. The molecule has 1 amide bonds. The molecule has 0 atom stereocenters. The maximum absolute atomic E-state index is 12.8. The van der Waals surface area contributed by atoms with Gasteiger partial charge in [0.2, 0.25) is 0 Å². The highest BCUT2D eigenvalue weighted by Crippen LogP contribution is 2.22. The monoisotopic (exact) mass is 348 g/mol. The van der Waals surface area contributed by atoms with E-state index in [1.807, 2.05) is 37.4 Å². The predicted octanol–water partition coefficient (Wildman–Crippen LogP) is 2.19. The van der Waals surface area contributed by atoms with E-state index >= 15 is 0 Å². The zero-order valence-electron chi connectivity index (χ0n) is 14.0. The van der Waals surface area contributed by atoms with Crippen molar-refractivity contribution in [2.24, 2.45) is 7.05 Å². The molecule has 0 aliphatic heterocycles. The van der Waals surface area contributed by atoms with Crippen LogP contribution in [0, 0.1) is 0 Å². The van der Waals surface area contributed by atoms with Crippen LogP contribution in [0.25, 0.3) is 17.1 Å². The van der Waals surface area contributed by atoms with Crippen molar-refractivity contribution >= 4 is 5.91 Å². The SMILES string of the molecule is Cn1cnnc1CNC(=O)c1cc(-c2ccco2)nn1-c1ccccc1. The number of rotatable bonds is 5. The van der Waals surface area contributed by atoms with Crippen LogP contribution in [0.15, 0.2) is 65.5 Å². The number of nitrogens with zero attached hydrogens (tertiary/aromatic N) is 5. The van der Waals surface area contributed by atoms with Gasteiger partial charge in [-0.1, -0.05) is 18.2 Å². The number of aryl methyl sites for hydroxylation is 1. The minimum absolute atomic E-state index is 0.262. The molecule has 0 radical (unpaired) electrons. The summed E-state index contributed by atoms with van der Waals surface area (Å²) in [6.45, 7) is 0.269. The van der Waals surface area contributed by atoms with E-state index in [9.17, 15) is 4.79 Å². The molecule has 0 bridgehead atoms. The number of carbonyl (C=O) groups is 1. The van der Waals surface area contributed by atoms with Gasteiger partial charge in [0.05, 0.1) is 18.5 Å². The lowest BCUT2D eigenvalue weighted by atomic mass is 10.2. The number of nitrogens with one attached hydrogen (secondary N) is 1. The Balaban J connectivity index is 1.67. The van der Waals surface area contributed by atoms with Crippen molar-refractivity contribution < 1.29 is 9.21 Å². The summed E-state index contributed by atoms with van der Waals surface area (Å²) in [4.78, 5) is 12.8. The summed E-state index contributed by atoms with van der Waals surface area (Å²) in [5.74, 6) is 1.000. The van der Waals surface area contributed by atoms with Crippen LogP contribution >= 0.6 is 0 Å². The minimum Gasteiger partial charge on any atom is -0.463 e. The maximum Gasteiger partial charge on any atom is 0.270 e. The molecule has 3 heterocycles. The first-order valence-electron chi connectivity index (χ1n) is 8.03. The first-order chi connectivity index (χ1) is 12.7. The third kappa shape index (κ3) is 3.00. The van der Waals surface area contributed by atoms with Gasteiger partial charge in [0, 0.05) is 13.1 Å². The smallest absolute Gasteiger partial charge is 0.270 e. The fourth-order valence-corrected chi connectivity index (χ4v) is 2.57. The maximum atomic E-state index is 12.8. The molecular formula is C18H16N6O2. The first kappa shape index (κ1) is 15.8. The lowest BCUT2D eigenvalue weighted by molar-refractivity contribution is 0.0941. The lowest BCUT2D eigenvalue weighted by Gasteiger charge is -2.08. The number of amides is 1. The molecule has 4 rings (SSSR count). The second-order valence-corrected chi connectivity index (χ2v) is 5.68. The zero-order chi connectivity index (χ0) is 17.9. The Morgan fingerprint density at radius 1 is 1.19 bits per heavy atom. The van der Waals surface area contributed by atoms with Gasteiger partial charge in [-0.3, -0.25) is 4.79 Å². The van der Waals surface area contributed by atoms with Crippen LogP contribution in [-0.4, -0.2) is 30.5 Å². The van der Waals surface area contributed by atoms with Gasteiger partial charge in [-0.2, -0.15) is 5.10 Å². The van der Waals surface area contributed by atoms with E-state index in [-0.39, 0.29) is 12.5 Å². The van der Waals surface area contributed by atoms with Crippen molar-refractivity contribution in [3.8, 4) is 17.1 Å². The lowest BCUT2D eigenvalue weighted by Crippen LogP contribution is -2.26. The normalized spacial score (nSPS) is 10.8. The molecule has 0 fully saturated rings. The van der Waals surface area contributed by atoms with Crippen LogP contribution in [0.1, 0.15) is 16.3 Å². The molecule has 0 unspecified atom stereocenters. The van der Waals surface area contributed by atoms with Crippen molar-refractivity contribution in [3.63, 3.8) is 0 Å². The highest BCUT2D eigenvalue weighted by atomic mass is 16.3. The van der Waals surface area contributed by atoms with Crippen molar-refractivity contribution in [2.45, 2.75) is 6.54 Å². The molecule has 0 saturated carbocycles. The van der Waals surface area contributed by atoms with Crippen LogP contribution in [0.5, 0.6) is 0 Å². The highest BCUT2D eigenvalue weighted by molar-refractivity contribution is 5.94. The van der Waals surface area contributed by atoms with E-state index in [2.05, 4.69) is 20.6 Å². The largest absolute Gasteiger partial charge is 0.463 e. The Morgan fingerprint density at radius 3 is 2.73 bits per heavy atom. The summed E-state index contributed by atoms with van der Waals surface area (Å²) in [6.07, 6.45) is 3.16. The van der Waals surface area contributed by atoms with Gasteiger partial charge in [-0.25, -0.2) is 4.68 Å². The van der Waals surface area contributed by atoms with Gasteiger partial charge in [0.1, 0.15) is 17.7 Å². The summed E-state index contributed by atoms with van der Waals surface area (Å²) >= 11 is 0. The van der Waals surface area contributed by atoms with E-state index in [1.54, 1.807) is 40.0 Å². The van der Waals surface area contributed by atoms with Gasteiger partial charge < -0.3 is 14.3 Å². The van der Waals surface area contributed by atoms with Gasteiger partial charge >= 0.3 is 0 Å². The Bertz CT molecular complexity index is 1020. The van der Waals surface area contributed by atoms with E-state index in [1.165, 1.54) is 0 Å². The highest BCUT2D eigenvalue weighted by Gasteiger charge is 2.19. The number of hydrogen-bond acceptors (Lipinski definition) is 5. The van der Waals surface area contributed by atoms with E-state index in [0.717, 1.165) is 5.69 Å². The molecule has 0 saturated heterocycles. The molecule has 4 aromatic rings. The van der Waals surface area contributed by atoms with Gasteiger partial charge in [0.15, 0.2) is 11.6 Å². The van der Waals surface area contributed by atoms with Crippen LogP contribution < -0.4 is 5.32 Å². The fraction of sp³-hybridized carbons (Fsp3) is 0.111. The summed E-state index contributed by atoms with van der Waals surface area (Å²) in [5.41, 5.74) is 1.78. The van der Waals surface area contributed by atoms with Gasteiger partial charge in [-0.05, 0) is 24.3 Å². The van der Waals surface area contributed by atoms with E-state index in [0.29, 0.717) is 23.0 Å². The molecule has 0 spiro atoms. The van der Waals surface area contributed by atoms with E-state index < -0.39 is 0 Å². The summed E-state index contributed by atoms with van der Waals surface area (Å²) in [6, 6.07) is 14.8. The fourth-order valence-electron chi connectivity index (χ4n) is 2.57. The minimum atomic E-state index is -0.262. The predicted molar refractivity (Wildman–Crippen MR) is 93.4 cm³/mol. The quantitative estimate of drug-likeness (QED) is 0.597. The second kappa shape index (κ2) is 6.67. The molecule has 8 heteroatoms. The Labute approximate surface area is 149 Å². The standard InChI is InChI=1S/C18H16N6O2/c1-23-12-20-21-17(23)11-19-18(25)15-10-14(16-8-5-9-26-16)22-24(15)13-6-3-2-4-7-13/h2-10,12H,11H2,1H3,(H,19,25). The van der Waals surface area contributed by atoms with Crippen molar-refractivity contribution in [2.75, 3.05) is 0 Å². The molecule has 1 N–H and O–H groups in total. The Morgan fingerprint density at radius 2 is 2.04 bits per heavy atom. The molecule has 130 valence electrons. The first-order valence-corrected chi connectivity index (χ1v) is 8.03. The number of benzene rings is 1.